The van der Waals surface area contributed by atoms with E-state index in [1.807, 2.05) is 0 Å². The fraction of sp³-hybridized carbons (Fsp3) is 0.438. The average molecular weight is 440 g/mol. The van der Waals surface area contributed by atoms with Crippen molar-refractivity contribution >= 4 is 21.4 Å². The molecule has 13 heteroatoms. The topological polar surface area (TPSA) is 176 Å². The first-order valence-electron chi connectivity index (χ1n) is 8.06. The molecule has 0 amide bonds. The van der Waals surface area contributed by atoms with Gasteiger partial charge >= 0.3 is 35.2 Å². The van der Waals surface area contributed by atoms with Gasteiger partial charge in [0.1, 0.15) is 35.7 Å². The Balaban J connectivity index is 0.00000300. The van der Waals surface area contributed by atoms with E-state index in [4.69, 9.17) is 13.9 Å². The van der Waals surface area contributed by atoms with Crippen LogP contribution in [-0.4, -0.2) is 65.6 Å². The molecule has 1 aliphatic rings. The number of hydrogen-bond acceptors (Lipinski definition) is 11. The van der Waals surface area contributed by atoms with Gasteiger partial charge in [0.15, 0.2) is 0 Å². The number of hydrogen-bond donors (Lipinski definition) is 3. The third-order valence-electron chi connectivity index (χ3n) is 4.22. The van der Waals surface area contributed by atoms with Crippen LogP contribution in [0.5, 0.6) is 5.75 Å². The standard InChI is InChI=1S/C16H18O11S.Na/c1-7-4-12(17)26-10-5-8(2-3-9(7)10)25-16-15(20)14(19)13(18)11(27-16)6-24-28(21,22)23;/h2-5,11,13-16,18-20H,6H2,1H3,(H,21,22,23);/q;+1/p-1/t11-,13-,14+,15-,16-;/m0./s1. The summed E-state index contributed by atoms with van der Waals surface area (Å²) in [6.07, 6.45) is -8.19. The zero-order chi connectivity index (χ0) is 20.6. The largest absolute Gasteiger partial charge is 1.00 e. The Kier molecular flexibility index (Phi) is 7.84. The summed E-state index contributed by atoms with van der Waals surface area (Å²) in [4.78, 5) is 11.5. The molecule has 0 unspecified atom stereocenters. The van der Waals surface area contributed by atoms with Crippen LogP contribution in [0.2, 0.25) is 0 Å². The molecule has 1 fully saturated rings. The second-order valence-corrected chi connectivity index (χ2v) is 7.28. The number of rotatable bonds is 5. The van der Waals surface area contributed by atoms with Crippen LogP contribution in [0.1, 0.15) is 5.56 Å². The first-order valence-corrected chi connectivity index (χ1v) is 9.39. The Hall–Kier alpha value is -1.06. The van der Waals surface area contributed by atoms with E-state index in [-0.39, 0.29) is 40.9 Å². The molecule has 5 atom stereocenters. The van der Waals surface area contributed by atoms with Gasteiger partial charge < -0.3 is 33.8 Å². The van der Waals surface area contributed by atoms with Crippen molar-refractivity contribution in [1.29, 1.82) is 0 Å². The average Bonchev–Trinajstić information content (AvgIpc) is 2.60. The van der Waals surface area contributed by atoms with Crippen molar-refractivity contribution in [2.45, 2.75) is 37.6 Å². The molecule has 1 saturated heterocycles. The second-order valence-electron chi connectivity index (χ2n) is 6.23. The number of benzene rings is 1. The fourth-order valence-electron chi connectivity index (χ4n) is 2.81. The fourth-order valence-corrected chi connectivity index (χ4v) is 3.12. The smallest absolute Gasteiger partial charge is 0.726 e. The summed E-state index contributed by atoms with van der Waals surface area (Å²) in [6, 6.07) is 5.79. The third-order valence-corrected chi connectivity index (χ3v) is 4.64. The first kappa shape index (κ1) is 24.2. The van der Waals surface area contributed by atoms with Crippen molar-refractivity contribution in [1.82, 2.24) is 0 Å². The van der Waals surface area contributed by atoms with E-state index >= 15 is 0 Å². The van der Waals surface area contributed by atoms with Crippen molar-refractivity contribution in [3.05, 3.63) is 40.2 Å². The normalized spacial score (nSPS) is 27.4. The van der Waals surface area contributed by atoms with Crippen LogP contribution in [0.25, 0.3) is 11.0 Å². The summed E-state index contributed by atoms with van der Waals surface area (Å²) in [5.41, 5.74) is 0.331. The Morgan fingerprint density at radius 1 is 1.14 bits per heavy atom. The predicted octanol–water partition coefficient (Wildman–Crippen LogP) is -4.23. The maximum absolute atomic E-state index is 11.5. The van der Waals surface area contributed by atoms with Gasteiger partial charge in [-0.25, -0.2) is 13.2 Å². The molecule has 0 bridgehead atoms. The van der Waals surface area contributed by atoms with Crippen molar-refractivity contribution in [3.8, 4) is 5.75 Å². The van der Waals surface area contributed by atoms with Gasteiger partial charge in [-0.3, -0.25) is 4.18 Å². The van der Waals surface area contributed by atoms with Crippen LogP contribution in [-0.2, 0) is 19.3 Å². The van der Waals surface area contributed by atoms with Gasteiger partial charge in [-0.2, -0.15) is 0 Å². The third kappa shape index (κ3) is 5.76. The van der Waals surface area contributed by atoms with Crippen LogP contribution >= 0.6 is 0 Å². The van der Waals surface area contributed by atoms with E-state index in [0.29, 0.717) is 10.9 Å². The predicted molar refractivity (Wildman–Crippen MR) is 90.2 cm³/mol. The van der Waals surface area contributed by atoms with Gasteiger partial charge in [-0.1, -0.05) is 0 Å². The molecule has 0 saturated carbocycles. The summed E-state index contributed by atoms with van der Waals surface area (Å²) < 4.78 is 51.6. The van der Waals surface area contributed by atoms with Gasteiger partial charge in [0.25, 0.3) is 0 Å². The maximum Gasteiger partial charge on any atom is 1.00 e. The minimum atomic E-state index is -5.05. The summed E-state index contributed by atoms with van der Waals surface area (Å²) in [6.45, 7) is 0.836. The summed E-state index contributed by atoms with van der Waals surface area (Å²) in [5.74, 6) is 0.102. The summed E-state index contributed by atoms with van der Waals surface area (Å²) in [5, 5.41) is 30.5. The molecule has 0 spiro atoms. The van der Waals surface area contributed by atoms with Crippen LogP contribution < -0.4 is 39.9 Å². The summed E-state index contributed by atoms with van der Waals surface area (Å²) >= 11 is 0. The molecule has 0 radical (unpaired) electrons. The molecule has 1 aromatic carbocycles. The number of aryl methyl sites for hydroxylation is 1. The van der Waals surface area contributed by atoms with Gasteiger partial charge in [-0.05, 0) is 24.6 Å². The molecule has 2 aromatic rings. The molecule has 29 heavy (non-hydrogen) atoms. The number of aliphatic hydroxyl groups excluding tert-OH is 3. The zero-order valence-corrected chi connectivity index (χ0v) is 18.2. The van der Waals surface area contributed by atoms with E-state index in [1.54, 1.807) is 13.0 Å². The number of ether oxygens (including phenoxy) is 2. The van der Waals surface area contributed by atoms with Gasteiger partial charge in [0.05, 0.1) is 6.61 Å². The monoisotopic (exact) mass is 440 g/mol. The maximum atomic E-state index is 11.5. The molecule has 2 heterocycles. The zero-order valence-electron chi connectivity index (χ0n) is 15.4. The minimum Gasteiger partial charge on any atom is -0.726 e. The van der Waals surface area contributed by atoms with E-state index < -0.39 is 53.3 Å². The van der Waals surface area contributed by atoms with Gasteiger partial charge in [0, 0.05) is 17.5 Å². The molecule has 1 aliphatic heterocycles. The van der Waals surface area contributed by atoms with Crippen LogP contribution in [0.3, 0.4) is 0 Å². The van der Waals surface area contributed by atoms with Gasteiger partial charge in [0.2, 0.25) is 16.7 Å². The molecule has 0 aliphatic carbocycles. The molecule has 3 rings (SSSR count). The molecule has 1 aromatic heterocycles. The van der Waals surface area contributed by atoms with Crippen LogP contribution in [0.15, 0.2) is 33.5 Å². The Morgan fingerprint density at radius 3 is 2.48 bits per heavy atom. The van der Waals surface area contributed by atoms with Crippen molar-refractivity contribution < 1.29 is 75.9 Å². The molecule has 3 N–H and O–H groups in total. The van der Waals surface area contributed by atoms with E-state index in [1.165, 1.54) is 18.2 Å². The Labute approximate surface area is 187 Å². The molecule has 154 valence electrons. The first-order chi connectivity index (χ1) is 13.0. The van der Waals surface area contributed by atoms with E-state index in [2.05, 4.69) is 4.18 Å². The number of fused-ring (bicyclic) bond motifs is 1. The van der Waals surface area contributed by atoms with Crippen molar-refractivity contribution in [2.24, 2.45) is 0 Å². The SMILES string of the molecule is Cc1cc(=O)oc2cc(O[C@H]3O[C@@H](COS(=O)(=O)[O-])[C@H](O)[C@@H](O)[C@@H]3O)ccc12.[Na+]. The van der Waals surface area contributed by atoms with E-state index in [0.717, 1.165) is 0 Å². The van der Waals surface area contributed by atoms with Crippen molar-refractivity contribution in [2.75, 3.05) is 6.61 Å². The second kappa shape index (κ2) is 9.39. The van der Waals surface area contributed by atoms with Crippen molar-refractivity contribution in [3.63, 3.8) is 0 Å². The molecule has 11 nitrogen and oxygen atoms in total. The number of aliphatic hydroxyl groups is 3. The Bertz CT molecular complexity index is 1020. The van der Waals surface area contributed by atoms with E-state index in [9.17, 15) is 33.1 Å². The minimum absolute atomic E-state index is 0. The quantitative estimate of drug-likeness (QED) is 0.178. The Morgan fingerprint density at radius 2 is 1.83 bits per heavy atom. The molecular formula is C16H17NaO11S. The van der Waals surface area contributed by atoms with Gasteiger partial charge in [-0.15, -0.1) is 0 Å². The molecular weight excluding hydrogens is 423 g/mol. The summed E-state index contributed by atoms with van der Waals surface area (Å²) in [7, 11) is -5.05. The van der Waals surface area contributed by atoms with Crippen LogP contribution in [0, 0.1) is 6.92 Å². The van der Waals surface area contributed by atoms with Crippen LogP contribution in [0.4, 0.5) is 0 Å².